The van der Waals surface area contributed by atoms with Crippen LogP contribution < -0.4 is 15.0 Å². The largest absolute Gasteiger partial charge is 0.481 e. The van der Waals surface area contributed by atoms with E-state index in [1.807, 2.05) is 6.07 Å². The molecular weight excluding hydrogens is 214 g/mol. The van der Waals surface area contributed by atoms with E-state index in [1.165, 1.54) is 12.8 Å². The van der Waals surface area contributed by atoms with Crippen LogP contribution in [0.15, 0.2) is 12.1 Å². The highest BCUT2D eigenvalue weighted by Crippen LogP contribution is 2.36. The lowest BCUT2D eigenvalue weighted by molar-refractivity contribution is 0.361. The van der Waals surface area contributed by atoms with Crippen molar-refractivity contribution < 1.29 is 4.74 Å². The van der Waals surface area contributed by atoms with E-state index in [1.54, 1.807) is 7.11 Å². The number of nitrogens with zero attached hydrogens (tertiary/aromatic N) is 2. The number of rotatable bonds is 1. The van der Waals surface area contributed by atoms with E-state index >= 15 is 0 Å². The molecule has 17 heavy (non-hydrogen) atoms. The van der Waals surface area contributed by atoms with Crippen LogP contribution in [0.2, 0.25) is 0 Å². The summed E-state index contributed by atoms with van der Waals surface area (Å²) in [6, 6.07) is 4.57. The van der Waals surface area contributed by atoms with Crippen molar-refractivity contribution in [2.24, 2.45) is 5.92 Å². The highest BCUT2D eigenvalue weighted by molar-refractivity contribution is 5.69. The Hall–Kier alpha value is -1.45. The average molecular weight is 233 g/mol. The van der Waals surface area contributed by atoms with Crippen molar-refractivity contribution in [3.63, 3.8) is 0 Å². The number of anilines is 2. The Morgan fingerprint density at radius 1 is 1.47 bits per heavy atom. The van der Waals surface area contributed by atoms with E-state index in [4.69, 9.17) is 4.74 Å². The molecule has 0 saturated carbocycles. The summed E-state index contributed by atoms with van der Waals surface area (Å²) >= 11 is 0. The maximum absolute atomic E-state index is 5.22. The van der Waals surface area contributed by atoms with Gasteiger partial charge in [-0.2, -0.15) is 4.98 Å². The van der Waals surface area contributed by atoms with Gasteiger partial charge in [-0.3, -0.25) is 0 Å². The minimum Gasteiger partial charge on any atom is -0.481 e. The Balaban J connectivity index is 1.94. The highest BCUT2D eigenvalue weighted by Gasteiger charge is 2.32. The van der Waals surface area contributed by atoms with Crippen molar-refractivity contribution in [1.82, 2.24) is 4.98 Å². The van der Waals surface area contributed by atoms with Crippen LogP contribution in [0.5, 0.6) is 5.88 Å². The third kappa shape index (κ3) is 1.81. The summed E-state index contributed by atoms with van der Waals surface area (Å²) in [6.45, 7) is 4.48. The molecule has 2 aliphatic heterocycles. The molecule has 0 spiro atoms. The van der Waals surface area contributed by atoms with Gasteiger partial charge in [0, 0.05) is 25.2 Å². The van der Waals surface area contributed by atoms with Crippen molar-refractivity contribution in [2.45, 2.75) is 25.8 Å². The van der Waals surface area contributed by atoms with Gasteiger partial charge in [0.2, 0.25) is 5.88 Å². The van der Waals surface area contributed by atoms with Gasteiger partial charge in [-0.1, -0.05) is 6.92 Å². The number of aromatic nitrogens is 1. The first-order valence-electron chi connectivity index (χ1n) is 6.33. The molecule has 2 aliphatic rings. The Bertz CT molecular complexity index is 421. The molecule has 3 heterocycles. The molecule has 4 heteroatoms. The number of methoxy groups -OCH3 is 1. The van der Waals surface area contributed by atoms with Crippen molar-refractivity contribution in [1.29, 1.82) is 0 Å². The third-order valence-electron chi connectivity index (χ3n) is 3.84. The fourth-order valence-electron chi connectivity index (χ4n) is 2.85. The van der Waals surface area contributed by atoms with Crippen LogP contribution in [0.1, 0.15) is 19.8 Å². The van der Waals surface area contributed by atoms with E-state index in [2.05, 4.69) is 28.2 Å². The van der Waals surface area contributed by atoms with Gasteiger partial charge in [-0.15, -0.1) is 0 Å². The van der Waals surface area contributed by atoms with E-state index in [-0.39, 0.29) is 0 Å². The van der Waals surface area contributed by atoms with Gasteiger partial charge in [-0.25, -0.2) is 0 Å². The second kappa shape index (κ2) is 4.09. The summed E-state index contributed by atoms with van der Waals surface area (Å²) in [7, 11) is 1.67. The summed E-state index contributed by atoms with van der Waals surface area (Å²) in [6.07, 6.45) is 2.51. The van der Waals surface area contributed by atoms with Crippen LogP contribution in [0.3, 0.4) is 0 Å². The van der Waals surface area contributed by atoms with Gasteiger partial charge in [0.25, 0.3) is 0 Å². The fraction of sp³-hybridized carbons (Fsp3) is 0.615. The molecule has 0 aliphatic carbocycles. The molecule has 0 amide bonds. The smallest absolute Gasteiger partial charge is 0.215 e. The highest BCUT2D eigenvalue weighted by atomic mass is 16.5. The number of fused-ring (bicyclic) bond motifs is 3. The van der Waals surface area contributed by atoms with Crippen LogP contribution in [0.4, 0.5) is 11.5 Å². The summed E-state index contributed by atoms with van der Waals surface area (Å²) in [5.41, 5.74) is 1.14. The van der Waals surface area contributed by atoms with Crippen LogP contribution >= 0.6 is 0 Å². The second-order valence-corrected chi connectivity index (χ2v) is 5.08. The summed E-state index contributed by atoms with van der Waals surface area (Å²) in [5, 5.41) is 3.47. The number of hydrogen-bond donors (Lipinski definition) is 1. The quantitative estimate of drug-likeness (QED) is 0.806. The summed E-state index contributed by atoms with van der Waals surface area (Å²) in [4.78, 5) is 7.02. The van der Waals surface area contributed by atoms with Gasteiger partial charge in [-0.05, 0) is 24.8 Å². The first-order chi connectivity index (χ1) is 8.28. The number of pyridine rings is 1. The van der Waals surface area contributed by atoms with E-state index in [0.29, 0.717) is 11.9 Å². The van der Waals surface area contributed by atoms with Gasteiger partial charge >= 0.3 is 0 Å². The number of nitrogens with one attached hydrogen (secondary N) is 1. The van der Waals surface area contributed by atoms with Crippen LogP contribution in [0.25, 0.3) is 0 Å². The maximum atomic E-state index is 5.22. The van der Waals surface area contributed by atoms with Gasteiger partial charge in [0.15, 0.2) is 5.82 Å². The van der Waals surface area contributed by atoms with Crippen LogP contribution in [-0.2, 0) is 0 Å². The monoisotopic (exact) mass is 233 g/mol. The predicted octanol–water partition coefficient (Wildman–Crippen LogP) is 2.12. The molecule has 1 N–H and O–H groups in total. The van der Waals surface area contributed by atoms with Crippen molar-refractivity contribution >= 4 is 11.5 Å². The minimum atomic E-state index is 0.589. The predicted molar refractivity (Wildman–Crippen MR) is 68.8 cm³/mol. The van der Waals surface area contributed by atoms with E-state index in [9.17, 15) is 0 Å². The molecule has 1 fully saturated rings. The molecule has 1 aromatic rings. The van der Waals surface area contributed by atoms with Crippen molar-refractivity contribution in [2.75, 3.05) is 30.4 Å². The topological polar surface area (TPSA) is 37.4 Å². The lowest BCUT2D eigenvalue weighted by atomic mass is 9.91. The Kier molecular flexibility index (Phi) is 2.57. The minimum absolute atomic E-state index is 0.589. The summed E-state index contributed by atoms with van der Waals surface area (Å²) < 4.78 is 5.22. The maximum Gasteiger partial charge on any atom is 0.215 e. The molecule has 92 valence electrons. The third-order valence-corrected chi connectivity index (χ3v) is 3.84. The van der Waals surface area contributed by atoms with Gasteiger partial charge in [0.1, 0.15) is 0 Å². The molecule has 1 saturated heterocycles. The fourth-order valence-corrected chi connectivity index (χ4v) is 2.85. The standard InChI is InChI=1S/C13H19N3O/c1-9-5-6-16-10(7-9)8-14-11-3-4-12(17-2)15-13(11)16/h3-4,9-10,14H,5-8H2,1-2H3. The first-order valence-corrected chi connectivity index (χ1v) is 6.33. The molecule has 4 nitrogen and oxygen atoms in total. The van der Waals surface area contributed by atoms with Crippen LogP contribution in [-0.4, -0.2) is 31.2 Å². The number of hydrogen-bond acceptors (Lipinski definition) is 4. The Morgan fingerprint density at radius 2 is 2.35 bits per heavy atom. The molecule has 2 atom stereocenters. The molecule has 2 unspecified atom stereocenters. The molecular formula is C13H19N3O. The van der Waals surface area contributed by atoms with E-state index in [0.717, 1.165) is 30.5 Å². The lowest BCUT2D eigenvalue weighted by Crippen LogP contribution is -2.49. The summed E-state index contributed by atoms with van der Waals surface area (Å²) in [5.74, 6) is 2.59. The molecule has 3 rings (SSSR count). The van der Waals surface area contributed by atoms with Gasteiger partial charge < -0.3 is 15.0 Å². The number of piperidine rings is 1. The van der Waals surface area contributed by atoms with Crippen LogP contribution in [0, 0.1) is 5.92 Å². The Morgan fingerprint density at radius 3 is 3.18 bits per heavy atom. The zero-order chi connectivity index (χ0) is 11.8. The first kappa shape index (κ1) is 10.7. The molecule has 0 radical (unpaired) electrons. The molecule has 1 aromatic heterocycles. The zero-order valence-electron chi connectivity index (χ0n) is 10.4. The van der Waals surface area contributed by atoms with Crippen molar-refractivity contribution in [3.8, 4) is 5.88 Å². The molecule has 0 bridgehead atoms. The van der Waals surface area contributed by atoms with E-state index < -0.39 is 0 Å². The Labute approximate surface area is 102 Å². The lowest BCUT2D eigenvalue weighted by Gasteiger charge is -2.43. The second-order valence-electron chi connectivity index (χ2n) is 5.08. The van der Waals surface area contributed by atoms with Crippen molar-refractivity contribution in [3.05, 3.63) is 12.1 Å². The molecule has 0 aromatic carbocycles. The SMILES string of the molecule is COc1ccc2c(n1)N1CCC(C)CC1CN2. The normalized spacial score (nSPS) is 26.8. The number of ether oxygens (including phenoxy) is 1. The average Bonchev–Trinajstić information content (AvgIpc) is 2.37. The van der Waals surface area contributed by atoms with Gasteiger partial charge in [0.05, 0.1) is 12.8 Å². The zero-order valence-corrected chi connectivity index (χ0v) is 10.4.